The molecule has 8 nitrogen and oxygen atoms in total. The number of pyridine rings is 1. The molecule has 3 aromatic rings. The monoisotopic (exact) mass is 502 g/mol. The van der Waals surface area contributed by atoms with Crippen LogP contribution in [-0.2, 0) is 13.0 Å². The first-order chi connectivity index (χ1) is 17.7. The lowest BCUT2D eigenvalue weighted by Gasteiger charge is -2.47. The van der Waals surface area contributed by atoms with Crippen molar-refractivity contribution in [1.82, 2.24) is 25.0 Å². The van der Waals surface area contributed by atoms with E-state index < -0.39 is 0 Å². The maximum Gasteiger partial charge on any atom is 0.326 e. The number of ether oxygens (including phenoxy) is 1. The van der Waals surface area contributed by atoms with Gasteiger partial charge in [0.15, 0.2) is 0 Å². The van der Waals surface area contributed by atoms with E-state index >= 15 is 0 Å². The number of anilines is 1. The van der Waals surface area contributed by atoms with Gasteiger partial charge < -0.3 is 9.64 Å². The first kappa shape index (κ1) is 25.3. The maximum absolute atomic E-state index is 14.1. The normalized spacial score (nSPS) is 18.1. The van der Waals surface area contributed by atoms with E-state index in [2.05, 4.69) is 59.8 Å². The van der Waals surface area contributed by atoms with Crippen molar-refractivity contribution in [2.45, 2.75) is 64.6 Å². The number of aromatic amines is 1. The zero-order chi connectivity index (χ0) is 26.2. The Morgan fingerprint density at radius 1 is 1.14 bits per heavy atom. The number of urea groups is 1. The number of amides is 2. The van der Waals surface area contributed by atoms with Crippen molar-refractivity contribution in [3.8, 4) is 16.9 Å². The molecule has 2 amide bonds. The number of methoxy groups -OCH3 is 1. The number of carbonyl (C=O) groups is 1. The van der Waals surface area contributed by atoms with Crippen molar-refractivity contribution >= 4 is 11.8 Å². The number of aromatic nitrogens is 3. The minimum Gasteiger partial charge on any atom is -0.497 e. The Balaban J connectivity index is 1.48. The van der Waals surface area contributed by atoms with Crippen LogP contribution in [0.2, 0.25) is 0 Å². The van der Waals surface area contributed by atoms with Crippen LogP contribution in [0.25, 0.3) is 11.1 Å². The zero-order valence-electron chi connectivity index (χ0n) is 22.6. The topological polar surface area (TPSA) is 77.6 Å². The number of carbonyl (C=O) groups excluding carboxylic acids is 1. The summed E-state index contributed by atoms with van der Waals surface area (Å²) in [6.07, 6.45) is 6.33. The average molecular weight is 503 g/mol. The summed E-state index contributed by atoms with van der Waals surface area (Å²) < 4.78 is 5.46. The first-order valence-electron chi connectivity index (χ1n) is 13.2. The summed E-state index contributed by atoms with van der Waals surface area (Å²) in [6, 6.07) is 12.1. The Hall–Kier alpha value is -3.39. The van der Waals surface area contributed by atoms with Crippen molar-refractivity contribution < 1.29 is 9.53 Å². The predicted octanol–water partition coefficient (Wildman–Crippen LogP) is 5.12. The molecular formula is C29H38N6O2. The molecule has 2 aromatic heterocycles. The molecule has 5 rings (SSSR count). The van der Waals surface area contributed by atoms with E-state index in [9.17, 15) is 4.79 Å². The van der Waals surface area contributed by atoms with Gasteiger partial charge in [0, 0.05) is 42.5 Å². The number of hydrogen-bond acceptors (Lipinski definition) is 5. The standard InChI is InChI=1S/C29H38N6O2/c1-6-25-24(22-17-30-31-18-22)10-11-26(32-25)34-20-29(12-14-33(15-13-29)28(2,3)4)35(27(34)36)19-21-8-7-9-23(16-21)37-5/h7-11,16-18H,6,12-15,19-20H2,1-5H3,(H,30,31). The molecule has 0 saturated carbocycles. The average Bonchev–Trinajstić information content (AvgIpc) is 3.52. The summed E-state index contributed by atoms with van der Waals surface area (Å²) in [5.74, 6) is 1.53. The Morgan fingerprint density at radius 2 is 1.92 bits per heavy atom. The molecule has 196 valence electrons. The Labute approximate surface area is 219 Å². The fourth-order valence-electron chi connectivity index (χ4n) is 5.76. The molecular weight excluding hydrogens is 464 g/mol. The van der Waals surface area contributed by atoms with Gasteiger partial charge in [-0.2, -0.15) is 5.10 Å². The van der Waals surface area contributed by atoms with Gasteiger partial charge in [-0.05, 0) is 69.9 Å². The Kier molecular flexibility index (Phi) is 6.70. The lowest BCUT2D eigenvalue weighted by molar-refractivity contribution is 0.0304. The van der Waals surface area contributed by atoms with Gasteiger partial charge >= 0.3 is 6.03 Å². The van der Waals surface area contributed by atoms with Crippen molar-refractivity contribution in [2.24, 2.45) is 0 Å². The molecule has 1 spiro atoms. The number of benzene rings is 1. The van der Waals surface area contributed by atoms with Crippen molar-refractivity contribution in [3.63, 3.8) is 0 Å². The third kappa shape index (κ3) is 4.82. The SMILES string of the molecule is CCc1nc(N2CC3(CCN(C(C)(C)C)CC3)N(Cc3cccc(OC)c3)C2=O)ccc1-c1cn[nH]c1. The number of likely N-dealkylation sites (tertiary alicyclic amines) is 1. The second-order valence-electron chi connectivity index (χ2n) is 11.2. The summed E-state index contributed by atoms with van der Waals surface area (Å²) in [6.45, 7) is 12.0. The molecule has 0 aliphatic carbocycles. The van der Waals surface area contributed by atoms with E-state index in [-0.39, 0.29) is 17.1 Å². The number of rotatable bonds is 6. The van der Waals surface area contributed by atoms with Crippen LogP contribution in [0.1, 0.15) is 51.8 Å². The van der Waals surface area contributed by atoms with Gasteiger partial charge in [-0.15, -0.1) is 0 Å². The number of H-pyrrole nitrogens is 1. The summed E-state index contributed by atoms with van der Waals surface area (Å²) in [7, 11) is 1.68. The maximum atomic E-state index is 14.1. The number of hydrogen-bond donors (Lipinski definition) is 1. The molecule has 2 fully saturated rings. The summed E-state index contributed by atoms with van der Waals surface area (Å²) in [5.41, 5.74) is 3.97. The van der Waals surface area contributed by atoms with Gasteiger partial charge in [0.25, 0.3) is 0 Å². The molecule has 0 radical (unpaired) electrons. The lowest BCUT2D eigenvalue weighted by Crippen LogP contribution is -2.57. The minimum atomic E-state index is -0.237. The molecule has 4 heterocycles. The first-order valence-corrected chi connectivity index (χ1v) is 13.2. The van der Waals surface area contributed by atoms with Gasteiger partial charge in [-0.3, -0.25) is 14.9 Å². The third-order valence-corrected chi connectivity index (χ3v) is 7.98. The van der Waals surface area contributed by atoms with E-state index in [0.29, 0.717) is 13.1 Å². The van der Waals surface area contributed by atoms with E-state index in [1.54, 1.807) is 7.11 Å². The Morgan fingerprint density at radius 3 is 2.57 bits per heavy atom. The highest BCUT2D eigenvalue weighted by Crippen LogP contribution is 2.41. The van der Waals surface area contributed by atoms with Crippen LogP contribution in [0.15, 0.2) is 48.8 Å². The van der Waals surface area contributed by atoms with Gasteiger partial charge in [0.1, 0.15) is 11.6 Å². The predicted molar refractivity (Wildman–Crippen MR) is 146 cm³/mol. The number of piperidine rings is 1. The summed E-state index contributed by atoms with van der Waals surface area (Å²) in [5, 5.41) is 6.98. The third-order valence-electron chi connectivity index (χ3n) is 7.98. The van der Waals surface area contributed by atoms with Crippen LogP contribution in [0.4, 0.5) is 10.6 Å². The van der Waals surface area contributed by atoms with Crippen molar-refractivity contribution in [3.05, 3.63) is 60.0 Å². The lowest BCUT2D eigenvalue weighted by atomic mass is 9.84. The fraction of sp³-hybridized carbons (Fsp3) is 0.483. The Bertz CT molecular complexity index is 1240. The molecule has 1 N–H and O–H groups in total. The molecule has 0 bridgehead atoms. The summed E-state index contributed by atoms with van der Waals surface area (Å²) in [4.78, 5) is 25.6. The molecule has 0 unspecified atom stereocenters. The van der Waals surface area contributed by atoms with Gasteiger partial charge in [0.2, 0.25) is 0 Å². The molecule has 2 saturated heterocycles. The van der Waals surface area contributed by atoms with E-state index in [1.807, 2.05) is 41.6 Å². The molecule has 1 aromatic carbocycles. The van der Waals surface area contributed by atoms with Crippen LogP contribution in [0.3, 0.4) is 0 Å². The van der Waals surface area contributed by atoms with Crippen LogP contribution >= 0.6 is 0 Å². The van der Waals surface area contributed by atoms with Gasteiger partial charge in [-0.25, -0.2) is 9.78 Å². The van der Waals surface area contributed by atoms with E-state index in [1.165, 1.54) is 0 Å². The molecule has 37 heavy (non-hydrogen) atoms. The molecule has 2 aliphatic rings. The largest absolute Gasteiger partial charge is 0.497 e. The van der Waals surface area contributed by atoms with Crippen molar-refractivity contribution in [2.75, 3.05) is 31.6 Å². The van der Waals surface area contributed by atoms with Crippen LogP contribution in [0, 0.1) is 0 Å². The van der Waals surface area contributed by atoms with Crippen LogP contribution in [-0.4, -0.2) is 68.8 Å². The fourth-order valence-corrected chi connectivity index (χ4v) is 5.76. The smallest absolute Gasteiger partial charge is 0.326 e. The van der Waals surface area contributed by atoms with Gasteiger partial charge in [0.05, 0.1) is 31.1 Å². The van der Waals surface area contributed by atoms with E-state index in [0.717, 1.165) is 66.3 Å². The molecule has 0 atom stereocenters. The minimum absolute atomic E-state index is 0.0256. The second kappa shape index (κ2) is 9.82. The number of nitrogens with one attached hydrogen (secondary N) is 1. The van der Waals surface area contributed by atoms with Crippen LogP contribution in [0.5, 0.6) is 5.75 Å². The van der Waals surface area contributed by atoms with Crippen molar-refractivity contribution in [1.29, 1.82) is 0 Å². The highest BCUT2D eigenvalue weighted by Gasteiger charge is 2.52. The quantitative estimate of drug-likeness (QED) is 0.506. The van der Waals surface area contributed by atoms with Gasteiger partial charge in [-0.1, -0.05) is 19.1 Å². The van der Waals surface area contributed by atoms with Crippen LogP contribution < -0.4 is 9.64 Å². The second-order valence-corrected chi connectivity index (χ2v) is 11.2. The van der Waals surface area contributed by atoms with E-state index in [4.69, 9.17) is 9.72 Å². The molecule has 2 aliphatic heterocycles. The number of aryl methyl sites for hydroxylation is 1. The number of nitrogens with zero attached hydrogens (tertiary/aromatic N) is 5. The molecule has 8 heteroatoms. The zero-order valence-corrected chi connectivity index (χ0v) is 22.6. The highest BCUT2D eigenvalue weighted by atomic mass is 16.5. The summed E-state index contributed by atoms with van der Waals surface area (Å²) >= 11 is 0. The highest BCUT2D eigenvalue weighted by molar-refractivity contribution is 5.94.